The Balaban J connectivity index is 2.36. The first-order valence-corrected chi connectivity index (χ1v) is 13.1. The van der Waals surface area contributed by atoms with Gasteiger partial charge >= 0.3 is 0 Å². The fourth-order valence-electron chi connectivity index (χ4n) is 3.32. The van der Waals surface area contributed by atoms with Crippen LogP contribution in [0.3, 0.4) is 0 Å². The van der Waals surface area contributed by atoms with Crippen LogP contribution in [0, 0.1) is 0 Å². The van der Waals surface area contributed by atoms with E-state index in [2.05, 4.69) is 6.92 Å². The first kappa shape index (κ1) is 25.1. The van der Waals surface area contributed by atoms with Crippen LogP contribution in [0.5, 0.6) is 0 Å². The van der Waals surface area contributed by atoms with Gasteiger partial charge in [0.05, 0.1) is 9.79 Å². The second-order valence-corrected chi connectivity index (χ2v) is 10.2. The molecular formula is C20H34O6S2. The molecule has 1 aromatic rings. The maximum atomic E-state index is 11.5. The molecule has 0 unspecified atom stereocenters. The lowest BCUT2D eigenvalue weighted by atomic mass is 10.0. The largest absolute Gasteiger partial charge is 0.294 e. The Labute approximate surface area is 170 Å². The molecule has 0 fully saturated rings. The molecule has 0 aliphatic rings. The summed E-state index contributed by atoms with van der Waals surface area (Å²) in [4.78, 5) is -0.670. The third kappa shape index (κ3) is 10.0. The van der Waals surface area contributed by atoms with Crippen molar-refractivity contribution in [1.29, 1.82) is 0 Å². The summed E-state index contributed by atoms with van der Waals surface area (Å²) in [7, 11) is -8.86. The van der Waals surface area contributed by atoms with Crippen molar-refractivity contribution < 1.29 is 25.9 Å². The molecule has 0 amide bonds. The minimum Gasteiger partial charge on any atom is -0.282 e. The third-order valence-electron chi connectivity index (χ3n) is 4.91. The lowest BCUT2D eigenvalue weighted by Crippen LogP contribution is -2.06. The lowest BCUT2D eigenvalue weighted by molar-refractivity contribution is 0.477. The molecule has 0 aliphatic carbocycles. The molecule has 0 aliphatic heterocycles. The van der Waals surface area contributed by atoms with Gasteiger partial charge in [0, 0.05) is 0 Å². The van der Waals surface area contributed by atoms with Gasteiger partial charge in [-0.1, -0.05) is 77.6 Å². The first-order chi connectivity index (χ1) is 13.2. The molecule has 162 valence electrons. The third-order valence-corrected chi connectivity index (χ3v) is 6.71. The molecule has 8 heteroatoms. The predicted octanol–water partition coefficient (Wildman–Crippen LogP) is 5.42. The van der Waals surface area contributed by atoms with Crippen LogP contribution < -0.4 is 0 Å². The van der Waals surface area contributed by atoms with E-state index < -0.39 is 20.2 Å². The number of hydrogen-bond acceptors (Lipinski definition) is 4. The monoisotopic (exact) mass is 434 g/mol. The molecule has 1 aromatic carbocycles. The molecule has 1 rings (SSSR count). The Bertz CT molecular complexity index is 785. The first-order valence-electron chi connectivity index (χ1n) is 10.2. The van der Waals surface area contributed by atoms with Crippen molar-refractivity contribution in [3.05, 3.63) is 23.8 Å². The molecule has 6 nitrogen and oxygen atoms in total. The molecule has 28 heavy (non-hydrogen) atoms. The van der Waals surface area contributed by atoms with Gasteiger partial charge < -0.3 is 0 Å². The summed E-state index contributed by atoms with van der Waals surface area (Å²) in [5, 5.41) is 0. The SMILES string of the molecule is CCCCCCCCCCCCCCc1cc(S(=O)(=O)O)ccc1S(=O)(=O)O. The second-order valence-electron chi connectivity index (χ2n) is 7.36. The second kappa shape index (κ2) is 12.6. The van der Waals surface area contributed by atoms with E-state index in [1.807, 2.05) is 0 Å². The highest BCUT2D eigenvalue weighted by molar-refractivity contribution is 7.86. The number of aryl methyl sites for hydroxylation is 1. The van der Waals surface area contributed by atoms with Gasteiger partial charge in [-0.15, -0.1) is 0 Å². The molecular weight excluding hydrogens is 400 g/mol. The molecule has 0 bridgehead atoms. The van der Waals surface area contributed by atoms with Gasteiger partial charge in [0.2, 0.25) is 0 Å². The van der Waals surface area contributed by atoms with Crippen molar-refractivity contribution in [3.63, 3.8) is 0 Å². The molecule has 0 radical (unpaired) electrons. The van der Waals surface area contributed by atoms with Gasteiger partial charge in [0.15, 0.2) is 0 Å². The van der Waals surface area contributed by atoms with Gasteiger partial charge in [-0.05, 0) is 36.6 Å². The van der Waals surface area contributed by atoms with Gasteiger partial charge in [-0.2, -0.15) is 16.8 Å². The van der Waals surface area contributed by atoms with E-state index in [0.29, 0.717) is 12.8 Å². The van der Waals surface area contributed by atoms with Crippen LogP contribution >= 0.6 is 0 Å². The molecule has 0 spiro atoms. The summed E-state index contributed by atoms with van der Waals surface area (Å²) in [5.41, 5.74) is 0.213. The van der Waals surface area contributed by atoms with Crippen LogP contribution in [-0.4, -0.2) is 25.9 Å². The van der Waals surface area contributed by atoms with E-state index in [0.717, 1.165) is 37.5 Å². The van der Waals surface area contributed by atoms with E-state index in [9.17, 15) is 21.4 Å². The predicted molar refractivity (Wildman–Crippen MR) is 111 cm³/mol. The molecule has 0 heterocycles. The molecule has 0 atom stereocenters. The highest BCUT2D eigenvalue weighted by Crippen LogP contribution is 2.22. The van der Waals surface area contributed by atoms with Crippen LogP contribution in [-0.2, 0) is 26.7 Å². The van der Waals surface area contributed by atoms with Crippen LogP contribution in [0.4, 0.5) is 0 Å². The van der Waals surface area contributed by atoms with E-state index in [1.165, 1.54) is 51.4 Å². The molecule has 0 aromatic heterocycles. The summed E-state index contributed by atoms with van der Waals surface area (Å²) in [6.07, 6.45) is 14.4. The van der Waals surface area contributed by atoms with E-state index in [1.54, 1.807) is 0 Å². The Hall–Kier alpha value is -0.960. The molecule has 2 N–H and O–H groups in total. The van der Waals surface area contributed by atoms with Crippen LogP contribution in [0.25, 0.3) is 0 Å². The minimum atomic E-state index is -4.44. The topological polar surface area (TPSA) is 109 Å². The van der Waals surface area contributed by atoms with Crippen LogP contribution in [0.15, 0.2) is 28.0 Å². The average molecular weight is 435 g/mol. The lowest BCUT2D eigenvalue weighted by Gasteiger charge is -2.09. The normalized spacial score (nSPS) is 12.4. The van der Waals surface area contributed by atoms with Crippen molar-refractivity contribution in [2.75, 3.05) is 0 Å². The van der Waals surface area contributed by atoms with Crippen molar-refractivity contribution in [2.24, 2.45) is 0 Å². The highest BCUT2D eigenvalue weighted by atomic mass is 32.2. The molecule has 0 saturated heterocycles. The van der Waals surface area contributed by atoms with Crippen molar-refractivity contribution in [2.45, 2.75) is 100 Å². The van der Waals surface area contributed by atoms with Crippen LogP contribution in [0.1, 0.15) is 89.5 Å². The van der Waals surface area contributed by atoms with Crippen molar-refractivity contribution in [3.8, 4) is 0 Å². The van der Waals surface area contributed by atoms with Crippen molar-refractivity contribution >= 4 is 20.2 Å². The Morgan fingerprint density at radius 2 is 1.14 bits per heavy atom. The summed E-state index contributed by atoms with van der Waals surface area (Å²) in [6.45, 7) is 2.22. The van der Waals surface area contributed by atoms with Crippen molar-refractivity contribution in [1.82, 2.24) is 0 Å². The maximum absolute atomic E-state index is 11.5. The molecule has 0 saturated carbocycles. The van der Waals surface area contributed by atoms with Gasteiger partial charge in [-0.3, -0.25) is 9.11 Å². The summed E-state index contributed by atoms with van der Waals surface area (Å²) < 4.78 is 63.9. The number of hydrogen-bond donors (Lipinski definition) is 2. The Morgan fingerprint density at radius 3 is 1.57 bits per heavy atom. The quantitative estimate of drug-likeness (QED) is 0.282. The number of rotatable bonds is 15. The Kier molecular flexibility index (Phi) is 11.3. The fourth-order valence-corrected chi connectivity index (χ4v) is 4.58. The smallest absolute Gasteiger partial charge is 0.282 e. The maximum Gasteiger partial charge on any atom is 0.294 e. The zero-order valence-electron chi connectivity index (χ0n) is 16.8. The zero-order chi connectivity index (χ0) is 21.0. The van der Waals surface area contributed by atoms with E-state index >= 15 is 0 Å². The number of unbranched alkanes of at least 4 members (excludes halogenated alkanes) is 11. The zero-order valence-corrected chi connectivity index (χ0v) is 18.4. The minimum absolute atomic E-state index is 0.213. The number of benzene rings is 1. The van der Waals surface area contributed by atoms with Gasteiger partial charge in [-0.25, -0.2) is 0 Å². The van der Waals surface area contributed by atoms with Gasteiger partial charge in [0.25, 0.3) is 20.2 Å². The summed E-state index contributed by atoms with van der Waals surface area (Å²) in [6, 6.07) is 3.12. The average Bonchev–Trinajstić information content (AvgIpc) is 2.61. The summed E-state index contributed by atoms with van der Waals surface area (Å²) in [5.74, 6) is 0. The Morgan fingerprint density at radius 1 is 0.679 bits per heavy atom. The van der Waals surface area contributed by atoms with E-state index in [4.69, 9.17) is 4.55 Å². The fraction of sp³-hybridized carbons (Fsp3) is 0.700. The summed E-state index contributed by atoms with van der Waals surface area (Å²) >= 11 is 0. The van der Waals surface area contributed by atoms with E-state index in [-0.39, 0.29) is 15.4 Å². The highest BCUT2D eigenvalue weighted by Gasteiger charge is 2.19. The standard InChI is InChI=1S/C20H34O6S2/c1-2-3-4-5-6-7-8-9-10-11-12-13-14-18-17-19(27(21,22)23)15-16-20(18)28(24,25)26/h15-17H,2-14H2,1H3,(H,21,22,23)(H,24,25,26). The van der Waals surface area contributed by atoms with Crippen LogP contribution in [0.2, 0.25) is 0 Å². The van der Waals surface area contributed by atoms with Gasteiger partial charge in [0.1, 0.15) is 0 Å².